The van der Waals surface area contributed by atoms with Crippen LogP contribution < -0.4 is 0 Å². The maximum atomic E-state index is 12.4. The van der Waals surface area contributed by atoms with Gasteiger partial charge in [-0.05, 0) is 39.8 Å². The molecule has 0 aliphatic carbocycles. The van der Waals surface area contributed by atoms with Gasteiger partial charge in [-0.25, -0.2) is 14.6 Å². The standard InChI is InChI=1S/C23H31N3O8/c1-14-8-25(9-15(2)33-14)20(27)12-31-22(29)18-6-5-7-19(24-18)23(30)32-13-21(28)26-10-16(3)34-17(4)11-26/h5-7,14-17H,8-13H2,1-4H3. The lowest BCUT2D eigenvalue weighted by Crippen LogP contribution is -2.49. The van der Waals surface area contributed by atoms with Crippen LogP contribution in [-0.4, -0.2) is 102 Å². The number of hydrogen-bond acceptors (Lipinski definition) is 9. The topological polar surface area (TPSA) is 125 Å². The van der Waals surface area contributed by atoms with Crippen molar-refractivity contribution in [1.29, 1.82) is 0 Å². The summed E-state index contributed by atoms with van der Waals surface area (Å²) in [7, 11) is 0. The Kier molecular flexibility index (Phi) is 8.56. The fraction of sp³-hybridized carbons (Fsp3) is 0.609. The van der Waals surface area contributed by atoms with Gasteiger partial charge in [0.05, 0.1) is 24.4 Å². The molecule has 2 saturated heterocycles. The van der Waals surface area contributed by atoms with Gasteiger partial charge in [-0.2, -0.15) is 0 Å². The lowest BCUT2D eigenvalue weighted by atomic mass is 10.2. The van der Waals surface area contributed by atoms with Gasteiger partial charge in [0.25, 0.3) is 11.8 Å². The first-order chi connectivity index (χ1) is 16.1. The number of ether oxygens (including phenoxy) is 4. The zero-order chi connectivity index (χ0) is 24.8. The van der Waals surface area contributed by atoms with Gasteiger partial charge < -0.3 is 28.7 Å². The van der Waals surface area contributed by atoms with E-state index in [1.54, 1.807) is 9.80 Å². The maximum absolute atomic E-state index is 12.4. The SMILES string of the molecule is CC1CN(C(=O)COC(=O)c2cccc(C(=O)OCC(=O)N3CC(C)OC(C)C3)n2)CC(C)O1. The maximum Gasteiger partial charge on any atom is 0.357 e. The molecule has 3 heterocycles. The normalized spacial score (nSPS) is 24.9. The number of pyridine rings is 1. The van der Waals surface area contributed by atoms with E-state index in [-0.39, 0.29) is 47.6 Å². The van der Waals surface area contributed by atoms with Crippen LogP contribution in [0.5, 0.6) is 0 Å². The molecule has 186 valence electrons. The van der Waals surface area contributed by atoms with Gasteiger partial charge in [-0.15, -0.1) is 0 Å². The molecular weight excluding hydrogens is 446 g/mol. The van der Waals surface area contributed by atoms with E-state index in [9.17, 15) is 19.2 Å². The van der Waals surface area contributed by atoms with Crippen molar-refractivity contribution in [2.24, 2.45) is 0 Å². The quantitative estimate of drug-likeness (QED) is 0.544. The molecule has 2 amide bonds. The number of esters is 2. The minimum Gasteiger partial charge on any atom is -0.451 e. The highest BCUT2D eigenvalue weighted by molar-refractivity contribution is 5.93. The van der Waals surface area contributed by atoms with Crippen LogP contribution in [0.4, 0.5) is 0 Å². The van der Waals surface area contributed by atoms with Gasteiger partial charge in [-0.1, -0.05) is 6.07 Å². The number of aromatic nitrogens is 1. The Balaban J connectivity index is 1.50. The van der Waals surface area contributed by atoms with Crippen LogP contribution in [-0.2, 0) is 28.5 Å². The molecule has 0 saturated carbocycles. The Bertz CT molecular complexity index is 834. The summed E-state index contributed by atoms with van der Waals surface area (Å²) in [5.74, 6) is -2.36. The third kappa shape index (κ3) is 6.97. The lowest BCUT2D eigenvalue weighted by molar-refractivity contribution is -0.146. The molecule has 2 fully saturated rings. The summed E-state index contributed by atoms with van der Waals surface area (Å²) in [4.78, 5) is 56.6. The van der Waals surface area contributed by atoms with Gasteiger partial charge in [0.1, 0.15) is 11.4 Å². The molecule has 11 nitrogen and oxygen atoms in total. The van der Waals surface area contributed by atoms with Crippen LogP contribution in [0.25, 0.3) is 0 Å². The largest absolute Gasteiger partial charge is 0.451 e. The average Bonchev–Trinajstić information content (AvgIpc) is 2.79. The smallest absolute Gasteiger partial charge is 0.357 e. The van der Waals surface area contributed by atoms with E-state index in [4.69, 9.17) is 18.9 Å². The summed E-state index contributed by atoms with van der Waals surface area (Å²) in [6.45, 7) is 8.25. The van der Waals surface area contributed by atoms with E-state index < -0.39 is 25.2 Å². The Morgan fingerprint density at radius 1 is 0.765 bits per heavy atom. The number of carbonyl (C=O) groups excluding carboxylic acids is 4. The Morgan fingerprint density at radius 2 is 1.12 bits per heavy atom. The zero-order valence-corrected chi connectivity index (χ0v) is 19.9. The zero-order valence-electron chi connectivity index (χ0n) is 19.9. The van der Waals surface area contributed by atoms with E-state index in [0.29, 0.717) is 26.2 Å². The van der Waals surface area contributed by atoms with E-state index in [2.05, 4.69) is 4.98 Å². The van der Waals surface area contributed by atoms with E-state index >= 15 is 0 Å². The number of rotatable bonds is 6. The lowest BCUT2D eigenvalue weighted by Gasteiger charge is -2.35. The van der Waals surface area contributed by atoms with Crippen molar-refractivity contribution < 1.29 is 38.1 Å². The van der Waals surface area contributed by atoms with Crippen molar-refractivity contribution in [2.45, 2.75) is 52.1 Å². The van der Waals surface area contributed by atoms with E-state index in [1.165, 1.54) is 18.2 Å². The van der Waals surface area contributed by atoms with Crippen LogP contribution in [0.15, 0.2) is 18.2 Å². The van der Waals surface area contributed by atoms with Gasteiger partial charge in [0.15, 0.2) is 13.2 Å². The van der Waals surface area contributed by atoms with E-state index in [0.717, 1.165) is 0 Å². The Labute approximate surface area is 198 Å². The highest BCUT2D eigenvalue weighted by Gasteiger charge is 2.28. The summed E-state index contributed by atoms with van der Waals surface area (Å²) >= 11 is 0. The van der Waals surface area contributed by atoms with Crippen molar-refractivity contribution in [1.82, 2.24) is 14.8 Å². The van der Waals surface area contributed by atoms with Gasteiger partial charge in [0, 0.05) is 26.2 Å². The third-order valence-corrected chi connectivity index (χ3v) is 5.37. The molecule has 0 bridgehead atoms. The molecule has 0 radical (unpaired) electrons. The second-order valence-electron chi connectivity index (χ2n) is 8.67. The first kappa shape index (κ1) is 25.6. The molecule has 3 rings (SSSR count). The second kappa shape index (κ2) is 11.4. The van der Waals surface area contributed by atoms with Crippen molar-refractivity contribution >= 4 is 23.8 Å². The van der Waals surface area contributed by atoms with Crippen LogP contribution >= 0.6 is 0 Å². The summed E-state index contributed by atoms with van der Waals surface area (Å²) in [6.07, 6.45) is -0.409. The molecular formula is C23H31N3O8. The third-order valence-electron chi connectivity index (χ3n) is 5.37. The summed E-state index contributed by atoms with van der Waals surface area (Å²) in [5.41, 5.74) is -0.291. The number of amides is 2. The van der Waals surface area contributed by atoms with Crippen molar-refractivity contribution in [3.05, 3.63) is 29.6 Å². The van der Waals surface area contributed by atoms with Crippen LogP contribution in [0.1, 0.15) is 48.7 Å². The number of hydrogen-bond donors (Lipinski definition) is 0. The molecule has 11 heteroatoms. The summed E-state index contributed by atoms with van der Waals surface area (Å²) in [5, 5.41) is 0. The van der Waals surface area contributed by atoms with Crippen LogP contribution in [0.3, 0.4) is 0 Å². The number of nitrogens with zero attached hydrogens (tertiary/aromatic N) is 3. The monoisotopic (exact) mass is 477 g/mol. The van der Waals surface area contributed by atoms with Crippen LogP contribution in [0.2, 0.25) is 0 Å². The molecule has 0 spiro atoms. The van der Waals surface area contributed by atoms with Gasteiger partial charge in [-0.3, -0.25) is 9.59 Å². The molecule has 1 aromatic heterocycles. The minimum absolute atomic E-state index is 0.102. The van der Waals surface area contributed by atoms with Crippen molar-refractivity contribution in [3.63, 3.8) is 0 Å². The fourth-order valence-electron chi connectivity index (χ4n) is 4.01. The molecule has 4 unspecified atom stereocenters. The predicted octanol–water partition coefficient (Wildman–Crippen LogP) is 0.667. The van der Waals surface area contributed by atoms with Crippen molar-refractivity contribution in [2.75, 3.05) is 39.4 Å². The molecule has 4 atom stereocenters. The van der Waals surface area contributed by atoms with Crippen molar-refractivity contribution in [3.8, 4) is 0 Å². The first-order valence-corrected chi connectivity index (χ1v) is 11.3. The fourth-order valence-corrected chi connectivity index (χ4v) is 4.01. The van der Waals surface area contributed by atoms with Crippen LogP contribution in [0, 0.1) is 0 Å². The molecule has 34 heavy (non-hydrogen) atoms. The minimum atomic E-state index is -0.843. The Morgan fingerprint density at radius 3 is 1.47 bits per heavy atom. The molecule has 0 N–H and O–H groups in total. The first-order valence-electron chi connectivity index (χ1n) is 11.3. The number of morpholine rings is 2. The Hall–Kier alpha value is -3.05. The highest BCUT2D eigenvalue weighted by atomic mass is 16.5. The predicted molar refractivity (Wildman–Crippen MR) is 118 cm³/mol. The molecule has 2 aliphatic rings. The van der Waals surface area contributed by atoms with E-state index in [1.807, 2.05) is 27.7 Å². The summed E-state index contributed by atoms with van der Waals surface area (Å²) in [6, 6.07) is 4.18. The van der Waals surface area contributed by atoms with Gasteiger partial charge in [0.2, 0.25) is 0 Å². The highest BCUT2D eigenvalue weighted by Crippen LogP contribution is 2.12. The second-order valence-corrected chi connectivity index (χ2v) is 8.67. The molecule has 1 aromatic rings. The molecule has 2 aliphatic heterocycles. The number of carbonyl (C=O) groups is 4. The summed E-state index contributed by atoms with van der Waals surface area (Å²) < 4.78 is 21.4. The average molecular weight is 478 g/mol. The van der Waals surface area contributed by atoms with Gasteiger partial charge >= 0.3 is 11.9 Å². The molecule has 0 aromatic carbocycles.